The summed E-state index contributed by atoms with van der Waals surface area (Å²) < 4.78 is 0. The number of nitrogens with one attached hydrogen (secondary N) is 1. The van der Waals surface area contributed by atoms with Gasteiger partial charge in [0.05, 0.1) is 0 Å². The van der Waals surface area contributed by atoms with Gasteiger partial charge in [-0.15, -0.1) is 0 Å². The fourth-order valence-electron chi connectivity index (χ4n) is 1.96. The number of hydrogen-bond acceptors (Lipinski definition) is 4. The van der Waals surface area contributed by atoms with Crippen LogP contribution in [-0.4, -0.2) is 47.0 Å². The molecule has 0 bridgehead atoms. The molecule has 0 aromatic heterocycles. The van der Waals surface area contributed by atoms with Gasteiger partial charge in [0, 0.05) is 19.2 Å². The molecule has 1 saturated heterocycles. The standard InChI is InChI=1S/C10H17N3O3S/c1-6(14)12-7(5-17)10(16)13-4-2-3-8(13)9(11)15/h7-8,17H,2-5H2,1H3,(H2,11,15)(H,12,14). The Balaban J connectivity index is 2.73. The molecule has 0 radical (unpaired) electrons. The molecule has 7 heteroatoms. The molecule has 96 valence electrons. The minimum atomic E-state index is -0.698. The molecule has 1 aliphatic heterocycles. The normalized spacial score (nSPS) is 21.1. The summed E-state index contributed by atoms with van der Waals surface area (Å²) in [5, 5.41) is 2.51. The van der Waals surface area contributed by atoms with Gasteiger partial charge in [0.1, 0.15) is 12.1 Å². The van der Waals surface area contributed by atoms with Gasteiger partial charge in [-0.25, -0.2) is 0 Å². The predicted octanol–water partition coefficient (Wildman–Crippen LogP) is -1.10. The van der Waals surface area contributed by atoms with Crippen LogP contribution in [0.5, 0.6) is 0 Å². The van der Waals surface area contributed by atoms with Crippen LogP contribution in [0.1, 0.15) is 19.8 Å². The summed E-state index contributed by atoms with van der Waals surface area (Å²) in [4.78, 5) is 35.6. The third-order valence-electron chi connectivity index (χ3n) is 2.72. The Morgan fingerprint density at radius 1 is 1.53 bits per heavy atom. The van der Waals surface area contributed by atoms with Crippen molar-refractivity contribution < 1.29 is 14.4 Å². The fourth-order valence-corrected chi connectivity index (χ4v) is 2.20. The lowest BCUT2D eigenvalue weighted by Crippen LogP contribution is -2.53. The Morgan fingerprint density at radius 2 is 2.18 bits per heavy atom. The molecule has 1 rings (SSSR count). The Kier molecular flexibility index (Phi) is 4.80. The first-order chi connectivity index (χ1) is 7.97. The number of thiol groups is 1. The van der Waals surface area contributed by atoms with Crippen LogP contribution in [0, 0.1) is 0 Å². The van der Waals surface area contributed by atoms with Crippen molar-refractivity contribution in [1.29, 1.82) is 0 Å². The highest BCUT2D eigenvalue weighted by molar-refractivity contribution is 7.80. The average Bonchev–Trinajstić information content (AvgIpc) is 2.73. The molecule has 0 spiro atoms. The molecule has 0 aromatic rings. The van der Waals surface area contributed by atoms with Crippen LogP contribution >= 0.6 is 12.6 Å². The van der Waals surface area contributed by atoms with E-state index in [1.807, 2.05) is 0 Å². The molecular weight excluding hydrogens is 242 g/mol. The smallest absolute Gasteiger partial charge is 0.246 e. The van der Waals surface area contributed by atoms with Gasteiger partial charge < -0.3 is 16.0 Å². The molecule has 3 amide bonds. The van der Waals surface area contributed by atoms with Crippen LogP contribution in [0.3, 0.4) is 0 Å². The van der Waals surface area contributed by atoms with Crippen LogP contribution in [0.15, 0.2) is 0 Å². The van der Waals surface area contributed by atoms with Gasteiger partial charge in [-0.05, 0) is 12.8 Å². The number of amides is 3. The van der Waals surface area contributed by atoms with E-state index in [0.29, 0.717) is 13.0 Å². The molecule has 1 aliphatic rings. The van der Waals surface area contributed by atoms with Crippen molar-refractivity contribution in [2.75, 3.05) is 12.3 Å². The van der Waals surface area contributed by atoms with Crippen LogP contribution in [0.4, 0.5) is 0 Å². The molecular formula is C10H17N3O3S. The molecule has 6 nitrogen and oxygen atoms in total. The zero-order valence-electron chi connectivity index (χ0n) is 9.68. The number of nitrogens with zero attached hydrogens (tertiary/aromatic N) is 1. The summed E-state index contributed by atoms with van der Waals surface area (Å²) in [6.45, 7) is 1.83. The maximum atomic E-state index is 12.1. The quantitative estimate of drug-likeness (QED) is 0.559. The van der Waals surface area contributed by atoms with Gasteiger partial charge in [-0.2, -0.15) is 12.6 Å². The highest BCUT2D eigenvalue weighted by Gasteiger charge is 2.35. The second-order valence-corrected chi connectivity index (χ2v) is 4.39. The summed E-state index contributed by atoms with van der Waals surface area (Å²) >= 11 is 4.03. The summed E-state index contributed by atoms with van der Waals surface area (Å²) in [7, 11) is 0. The van der Waals surface area contributed by atoms with Crippen molar-refractivity contribution in [2.24, 2.45) is 5.73 Å². The maximum absolute atomic E-state index is 12.1. The lowest BCUT2D eigenvalue weighted by atomic mass is 10.2. The molecule has 1 fully saturated rings. The van der Waals surface area contributed by atoms with E-state index in [4.69, 9.17) is 5.73 Å². The van der Waals surface area contributed by atoms with Crippen LogP contribution in [-0.2, 0) is 14.4 Å². The van der Waals surface area contributed by atoms with Crippen molar-refractivity contribution in [1.82, 2.24) is 10.2 Å². The third-order valence-corrected chi connectivity index (χ3v) is 3.09. The van der Waals surface area contributed by atoms with Crippen molar-refractivity contribution in [3.63, 3.8) is 0 Å². The number of hydrogen-bond donors (Lipinski definition) is 3. The maximum Gasteiger partial charge on any atom is 0.246 e. The molecule has 0 aliphatic carbocycles. The van der Waals surface area contributed by atoms with Crippen LogP contribution in [0.2, 0.25) is 0 Å². The zero-order valence-corrected chi connectivity index (χ0v) is 10.6. The second kappa shape index (κ2) is 5.90. The van der Waals surface area contributed by atoms with Gasteiger partial charge in [-0.3, -0.25) is 14.4 Å². The van der Waals surface area contributed by atoms with Gasteiger partial charge in [0.2, 0.25) is 17.7 Å². The SMILES string of the molecule is CC(=O)NC(CS)C(=O)N1CCCC1C(N)=O. The first-order valence-corrected chi connectivity index (χ1v) is 6.08. The number of likely N-dealkylation sites (tertiary alicyclic amines) is 1. The molecule has 17 heavy (non-hydrogen) atoms. The van der Waals surface area contributed by atoms with Gasteiger partial charge >= 0.3 is 0 Å². The Hall–Kier alpha value is -1.24. The molecule has 0 aromatic carbocycles. The second-order valence-electron chi connectivity index (χ2n) is 4.03. The molecule has 1 heterocycles. The van der Waals surface area contributed by atoms with E-state index in [1.165, 1.54) is 11.8 Å². The number of nitrogens with two attached hydrogens (primary N) is 1. The van der Waals surface area contributed by atoms with E-state index in [9.17, 15) is 14.4 Å². The van der Waals surface area contributed by atoms with Crippen molar-refractivity contribution >= 4 is 30.4 Å². The van der Waals surface area contributed by atoms with E-state index < -0.39 is 18.0 Å². The number of primary amides is 1. The molecule has 2 unspecified atom stereocenters. The first kappa shape index (κ1) is 13.8. The topological polar surface area (TPSA) is 92.5 Å². The highest BCUT2D eigenvalue weighted by Crippen LogP contribution is 2.18. The minimum absolute atomic E-state index is 0.195. The summed E-state index contributed by atoms with van der Waals surface area (Å²) in [6.07, 6.45) is 1.33. The largest absolute Gasteiger partial charge is 0.368 e. The van der Waals surface area contributed by atoms with Crippen molar-refractivity contribution in [3.05, 3.63) is 0 Å². The molecule has 2 atom stereocenters. The van der Waals surface area contributed by atoms with E-state index in [2.05, 4.69) is 17.9 Å². The van der Waals surface area contributed by atoms with E-state index in [-0.39, 0.29) is 17.6 Å². The minimum Gasteiger partial charge on any atom is -0.368 e. The summed E-state index contributed by atoms with van der Waals surface area (Å²) in [5.74, 6) is -0.902. The van der Waals surface area contributed by atoms with E-state index >= 15 is 0 Å². The lowest BCUT2D eigenvalue weighted by molar-refractivity contribution is -0.139. The highest BCUT2D eigenvalue weighted by atomic mass is 32.1. The Bertz CT molecular complexity index is 335. The summed E-state index contributed by atoms with van der Waals surface area (Å²) in [5.41, 5.74) is 5.23. The van der Waals surface area contributed by atoms with Gasteiger partial charge in [-0.1, -0.05) is 0 Å². The summed E-state index contributed by atoms with van der Waals surface area (Å²) in [6, 6.07) is -1.26. The number of rotatable bonds is 4. The van der Waals surface area contributed by atoms with Crippen LogP contribution < -0.4 is 11.1 Å². The number of carbonyl (C=O) groups is 3. The molecule has 0 saturated carbocycles. The van der Waals surface area contributed by atoms with Gasteiger partial charge in [0.25, 0.3) is 0 Å². The van der Waals surface area contributed by atoms with Crippen molar-refractivity contribution in [2.45, 2.75) is 31.8 Å². The Labute approximate surface area is 105 Å². The fraction of sp³-hybridized carbons (Fsp3) is 0.700. The van der Waals surface area contributed by atoms with E-state index in [0.717, 1.165) is 6.42 Å². The number of carbonyl (C=O) groups excluding carboxylic acids is 3. The van der Waals surface area contributed by atoms with Crippen LogP contribution in [0.25, 0.3) is 0 Å². The predicted molar refractivity (Wildman–Crippen MR) is 65.4 cm³/mol. The molecule has 3 N–H and O–H groups in total. The lowest BCUT2D eigenvalue weighted by Gasteiger charge is -2.26. The van der Waals surface area contributed by atoms with Crippen molar-refractivity contribution in [3.8, 4) is 0 Å². The zero-order chi connectivity index (χ0) is 13.0. The first-order valence-electron chi connectivity index (χ1n) is 5.45. The average molecular weight is 259 g/mol. The third kappa shape index (κ3) is 3.36. The monoisotopic (exact) mass is 259 g/mol. The Morgan fingerprint density at radius 3 is 2.65 bits per heavy atom. The van der Waals surface area contributed by atoms with E-state index in [1.54, 1.807) is 0 Å². The van der Waals surface area contributed by atoms with Gasteiger partial charge in [0.15, 0.2) is 0 Å².